The second-order valence-corrected chi connectivity index (χ2v) is 3.12. The minimum Gasteiger partial charge on any atom is -0.496 e. The average molecular weight is 179 g/mol. The predicted octanol–water partition coefficient (Wildman–Crippen LogP) is 1.77. The Morgan fingerprint density at radius 1 is 1.38 bits per heavy atom. The van der Waals surface area contributed by atoms with Crippen LogP contribution in [-0.2, 0) is 6.42 Å². The van der Waals surface area contributed by atoms with Gasteiger partial charge in [-0.05, 0) is 38.1 Å². The number of aryl methyl sites for hydroxylation is 1. The first-order valence-corrected chi connectivity index (χ1v) is 4.56. The number of para-hydroxylation sites is 1. The second-order valence-electron chi connectivity index (χ2n) is 3.12. The standard InChI is InChI=1S/C11H17NO/c1-9-5-4-6-10(7-8-12-2)11(9)13-3/h4-6,12H,7-8H2,1-3H3. The minimum atomic E-state index is 0.986. The first kappa shape index (κ1) is 10.1. The molecule has 2 nitrogen and oxygen atoms in total. The molecule has 13 heavy (non-hydrogen) atoms. The maximum atomic E-state index is 5.35. The molecule has 0 atom stereocenters. The van der Waals surface area contributed by atoms with Crippen LogP contribution in [-0.4, -0.2) is 20.7 Å². The molecule has 1 aromatic carbocycles. The lowest BCUT2D eigenvalue weighted by Crippen LogP contribution is -2.11. The zero-order valence-electron chi connectivity index (χ0n) is 8.55. The Hall–Kier alpha value is -1.02. The van der Waals surface area contributed by atoms with E-state index in [2.05, 4.69) is 30.4 Å². The Balaban J connectivity index is 2.85. The number of hydrogen-bond donors (Lipinski definition) is 1. The van der Waals surface area contributed by atoms with Crippen LogP contribution < -0.4 is 10.1 Å². The van der Waals surface area contributed by atoms with Crippen LogP contribution in [0.3, 0.4) is 0 Å². The summed E-state index contributed by atoms with van der Waals surface area (Å²) in [4.78, 5) is 0. The van der Waals surface area contributed by atoms with Crippen LogP contribution in [0.2, 0.25) is 0 Å². The molecule has 0 aliphatic rings. The lowest BCUT2D eigenvalue weighted by Gasteiger charge is -2.10. The number of methoxy groups -OCH3 is 1. The van der Waals surface area contributed by atoms with E-state index in [1.807, 2.05) is 7.05 Å². The van der Waals surface area contributed by atoms with E-state index >= 15 is 0 Å². The molecule has 0 radical (unpaired) electrons. The van der Waals surface area contributed by atoms with Crippen molar-refractivity contribution in [3.63, 3.8) is 0 Å². The van der Waals surface area contributed by atoms with Gasteiger partial charge in [-0.1, -0.05) is 18.2 Å². The summed E-state index contributed by atoms with van der Waals surface area (Å²) in [5.74, 6) is 1.03. The summed E-state index contributed by atoms with van der Waals surface area (Å²) < 4.78 is 5.35. The highest BCUT2D eigenvalue weighted by Gasteiger charge is 2.03. The molecule has 0 saturated carbocycles. The monoisotopic (exact) mass is 179 g/mol. The van der Waals surface area contributed by atoms with E-state index < -0.39 is 0 Å². The van der Waals surface area contributed by atoms with E-state index in [0.717, 1.165) is 18.7 Å². The summed E-state index contributed by atoms with van der Waals surface area (Å²) in [6.07, 6.45) is 1.02. The van der Waals surface area contributed by atoms with Gasteiger partial charge in [0.25, 0.3) is 0 Å². The zero-order valence-corrected chi connectivity index (χ0v) is 8.55. The Labute approximate surface area is 79.9 Å². The van der Waals surface area contributed by atoms with E-state index in [1.54, 1.807) is 7.11 Å². The molecule has 1 rings (SSSR count). The summed E-state index contributed by atoms with van der Waals surface area (Å²) >= 11 is 0. The van der Waals surface area contributed by atoms with Crippen molar-refractivity contribution >= 4 is 0 Å². The quantitative estimate of drug-likeness (QED) is 0.760. The van der Waals surface area contributed by atoms with Gasteiger partial charge in [0, 0.05) is 0 Å². The molecule has 0 aliphatic carbocycles. The van der Waals surface area contributed by atoms with Crippen molar-refractivity contribution in [2.24, 2.45) is 0 Å². The van der Waals surface area contributed by atoms with Gasteiger partial charge in [0.15, 0.2) is 0 Å². The van der Waals surface area contributed by atoms with Crippen LogP contribution in [0.5, 0.6) is 5.75 Å². The van der Waals surface area contributed by atoms with Gasteiger partial charge in [-0.2, -0.15) is 0 Å². The molecule has 1 N–H and O–H groups in total. The number of ether oxygens (including phenoxy) is 1. The predicted molar refractivity (Wildman–Crippen MR) is 55.4 cm³/mol. The third kappa shape index (κ3) is 2.46. The van der Waals surface area contributed by atoms with E-state index in [1.165, 1.54) is 11.1 Å². The van der Waals surface area contributed by atoms with Crippen LogP contribution >= 0.6 is 0 Å². The van der Waals surface area contributed by atoms with Crippen LogP contribution in [0, 0.1) is 6.92 Å². The van der Waals surface area contributed by atoms with Crippen molar-refractivity contribution in [1.29, 1.82) is 0 Å². The summed E-state index contributed by atoms with van der Waals surface area (Å²) in [6, 6.07) is 6.26. The molecule has 0 unspecified atom stereocenters. The third-order valence-corrected chi connectivity index (χ3v) is 2.14. The molecule has 0 aromatic heterocycles. The second kappa shape index (κ2) is 4.87. The lowest BCUT2D eigenvalue weighted by atomic mass is 10.1. The Kier molecular flexibility index (Phi) is 3.77. The highest BCUT2D eigenvalue weighted by atomic mass is 16.5. The molecule has 0 heterocycles. The highest BCUT2D eigenvalue weighted by molar-refractivity contribution is 5.40. The van der Waals surface area contributed by atoms with Crippen molar-refractivity contribution in [3.05, 3.63) is 29.3 Å². The van der Waals surface area contributed by atoms with Gasteiger partial charge in [-0.3, -0.25) is 0 Å². The molecular weight excluding hydrogens is 162 g/mol. The number of hydrogen-bond acceptors (Lipinski definition) is 2. The first-order chi connectivity index (χ1) is 6.29. The maximum absolute atomic E-state index is 5.35. The normalized spacial score (nSPS) is 10.1. The highest BCUT2D eigenvalue weighted by Crippen LogP contribution is 2.22. The van der Waals surface area contributed by atoms with Crippen LogP contribution in [0.25, 0.3) is 0 Å². The third-order valence-electron chi connectivity index (χ3n) is 2.14. The van der Waals surface area contributed by atoms with E-state index in [9.17, 15) is 0 Å². The Morgan fingerprint density at radius 2 is 2.15 bits per heavy atom. The van der Waals surface area contributed by atoms with Gasteiger partial charge in [0.05, 0.1) is 7.11 Å². The van der Waals surface area contributed by atoms with Gasteiger partial charge in [0.1, 0.15) is 5.75 Å². The van der Waals surface area contributed by atoms with Gasteiger partial charge >= 0.3 is 0 Å². The number of benzene rings is 1. The summed E-state index contributed by atoms with van der Waals surface area (Å²) in [7, 11) is 3.69. The lowest BCUT2D eigenvalue weighted by molar-refractivity contribution is 0.406. The maximum Gasteiger partial charge on any atom is 0.124 e. The topological polar surface area (TPSA) is 21.3 Å². The largest absolute Gasteiger partial charge is 0.496 e. The van der Waals surface area contributed by atoms with Gasteiger partial charge < -0.3 is 10.1 Å². The Morgan fingerprint density at radius 3 is 2.77 bits per heavy atom. The zero-order chi connectivity index (χ0) is 9.68. The van der Waals surface area contributed by atoms with Crippen molar-refractivity contribution in [1.82, 2.24) is 5.32 Å². The summed E-state index contributed by atoms with van der Waals surface area (Å²) in [6.45, 7) is 3.06. The molecule has 0 amide bonds. The van der Waals surface area contributed by atoms with Gasteiger partial charge in [-0.15, -0.1) is 0 Å². The molecular formula is C11H17NO. The number of likely N-dealkylation sites (N-methyl/N-ethyl adjacent to an activating group) is 1. The Bertz CT molecular complexity index is 271. The van der Waals surface area contributed by atoms with Crippen molar-refractivity contribution in [3.8, 4) is 5.75 Å². The molecule has 0 aliphatic heterocycles. The van der Waals surface area contributed by atoms with Gasteiger partial charge in [0.2, 0.25) is 0 Å². The SMILES string of the molecule is CNCCc1cccc(C)c1OC. The fourth-order valence-electron chi connectivity index (χ4n) is 1.46. The number of rotatable bonds is 4. The molecule has 72 valence electrons. The summed E-state index contributed by atoms with van der Waals surface area (Å²) in [5, 5.41) is 3.13. The molecule has 2 heteroatoms. The van der Waals surface area contributed by atoms with E-state index in [0.29, 0.717) is 0 Å². The summed E-state index contributed by atoms with van der Waals surface area (Å²) in [5.41, 5.74) is 2.48. The molecule has 0 saturated heterocycles. The van der Waals surface area contributed by atoms with Crippen molar-refractivity contribution < 1.29 is 4.74 Å². The fourth-order valence-corrected chi connectivity index (χ4v) is 1.46. The molecule has 0 fully saturated rings. The first-order valence-electron chi connectivity index (χ1n) is 4.56. The molecule has 0 bridgehead atoms. The van der Waals surface area contributed by atoms with Gasteiger partial charge in [-0.25, -0.2) is 0 Å². The fraction of sp³-hybridized carbons (Fsp3) is 0.455. The van der Waals surface area contributed by atoms with Crippen LogP contribution in [0.4, 0.5) is 0 Å². The van der Waals surface area contributed by atoms with E-state index in [-0.39, 0.29) is 0 Å². The minimum absolute atomic E-state index is 0.986. The van der Waals surface area contributed by atoms with Crippen LogP contribution in [0.1, 0.15) is 11.1 Å². The average Bonchev–Trinajstić information content (AvgIpc) is 2.15. The van der Waals surface area contributed by atoms with Crippen molar-refractivity contribution in [2.75, 3.05) is 20.7 Å². The number of nitrogens with one attached hydrogen (secondary N) is 1. The van der Waals surface area contributed by atoms with Crippen LogP contribution in [0.15, 0.2) is 18.2 Å². The molecule has 0 spiro atoms. The smallest absolute Gasteiger partial charge is 0.124 e. The molecule has 1 aromatic rings. The van der Waals surface area contributed by atoms with E-state index in [4.69, 9.17) is 4.74 Å². The van der Waals surface area contributed by atoms with Crippen molar-refractivity contribution in [2.45, 2.75) is 13.3 Å².